The minimum Gasteiger partial charge on any atom is -0.390 e. The van der Waals surface area contributed by atoms with Gasteiger partial charge in [0.15, 0.2) is 6.29 Å². The van der Waals surface area contributed by atoms with E-state index in [0.29, 0.717) is 17.8 Å². The summed E-state index contributed by atoms with van der Waals surface area (Å²) in [5.41, 5.74) is 0. The maximum Gasteiger partial charge on any atom is 0.157 e. The number of aliphatic hydroxyl groups excluding tert-OH is 2. The molecular weight excluding hydrogens is 332 g/mol. The lowest BCUT2D eigenvalue weighted by Gasteiger charge is -2.41. The van der Waals surface area contributed by atoms with Crippen molar-refractivity contribution < 1.29 is 24.4 Å². The second-order valence-corrected chi connectivity index (χ2v) is 7.52. The van der Waals surface area contributed by atoms with Crippen molar-refractivity contribution in [1.82, 2.24) is 0 Å². The Kier molecular flexibility index (Phi) is 12.6. The molecule has 1 rings (SSSR count). The second-order valence-electron chi connectivity index (χ2n) is 7.52. The lowest BCUT2D eigenvalue weighted by molar-refractivity contribution is -0.248. The molecular formula is C21H42O5. The zero-order valence-corrected chi connectivity index (χ0v) is 18.0. The van der Waals surface area contributed by atoms with E-state index < -0.39 is 6.29 Å². The molecule has 0 saturated carbocycles. The van der Waals surface area contributed by atoms with Crippen LogP contribution in [-0.2, 0) is 14.2 Å². The zero-order chi connectivity index (χ0) is 20.4. The first-order valence-corrected chi connectivity index (χ1v) is 9.89. The Hall–Kier alpha value is -0.460. The molecule has 2 N–H and O–H groups in total. The Morgan fingerprint density at radius 3 is 2.12 bits per heavy atom. The predicted octanol–water partition coefficient (Wildman–Crippen LogP) is 3.63. The molecule has 1 aliphatic rings. The Balaban J connectivity index is 0.000000481. The van der Waals surface area contributed by atoms with Crippen LogP contribution in [0.1, 0.15) is 54.4 Å². The van der Waals surface area contributed by atoms with Crippen molar-refractivity contribution in [3.8, 4) is 0 Å². The van der Waals surface area contributed by atoms with Gasteiger partial charge in [-0.05, 0) is 30.6 Å². The average molecular weight is 375 g/mol. The maximum absolute atomic E-state index is 9.67. The monoisotopic (exact) mass is 374 g/mol. The van der Waals surface area contributed by atoms with E-state index in [9.17, 15) is 10.2 Å². The lowest BCUT2D eigenvalue weighted by Crippen LogP contribution is -2.49. The van der Waals surface area contributed by atoms with Crippen molar-refractivity contribution in [2.45, 2.75) is 85.1 Å². The van der Waals surface area contributed by atoms with E-state index in [-0.39, 0.29) is 30.3 Å². The average Bonchev–Trinajstić information content (AvgIpc) is 2.65. The van der Waals surface area contributed by atoms with Crippen molar-refractivity contribution in [2.24, 2.45) is 23.7 Å². The van der Waals surface area contributed by atoms with Crippen LogP contribution >= 0.6 is 0 Å². The predicted molar refractivity (Wildman–Crippen MR) is 106 cm³/mol. The Morgan fingerprint density at radius 1 is 1.15 bits per heavy atom. The molecule has 1 heterocycles. The van der Waals surface area contributed by atoms with Crippen LogP contribution in [0.4, 0.5) is 0 Å². The second kappa shape index (κ2) is 12.8. The summed E-state index contributed by atoms with van der Waals surface area (Å²) in [5, 5.41) is 19.3. The normalized spacial score (nSPS) is 33.4. The van der Waals surface area contributed by atoms with Gasteiger partial charge in [-0.1, -0.05) is 47.6 Å². The van der Waals surface area contributed by atoms with Gasteiger partial charge in [0.25, 0.3) is 0 Å². The van der Waals surface area contributed by atoms with Gasteiger partial charge in [0.1, 0.15) is 0 Å². The molecule has 0 aliphatic carbocycles. The molecule has 0 radical (unpaired) electrons. The smallest absolute Gasteiger partial charge is 0.157 e. The van der Waals surface area contributed by atoms with Gasteiger partial charge >= 0.3 is 0 Å². The molecule has 1 saturated heterocycles. The summed E-state index contributed by atoms with van der Waals surface area (Å²) in [4.78, 5) is 0. The van der Waals surface area contributed by atoms with Gasteiger partial charge in [-0.2, -0.15) is 0 Å². The summed E-state index contributed by atoms with van der Waals surface area (Å²) in [6.07, 6.45) is 2.57. The standard InChI is InChI=1S/C11H22O2.C10H20O3/c1-6-8(3)9(4)11(13-5)10(12)7-2;1-5-8-9(12-4)6(2)7(3)10(11)13-8/h6,8-12H,1,7H2,2-5H3;6-11H,5H2,1-4H3/t8?,9-,10?,11+;6-,7?,8?,9+,10+/m11/s1. The largest absolute Gasteiger partial charge is 0.390 e. The molecule has 4 unspecified atom stereocenters. The molecule has 0 bridgehead atoms. The molecule has 9 atom stereocenters. The first-order valence-electron chi connectivity index (χ1n) is 9.89. The first kappa shape index (κ1) is 25.5. The van der Waals surface area contributed by atoms with Crippen molar-refractivity contribution in [2.75, 3.05) is 14.2 Å². The highest BCUT2D eigenvalue weighted by atomic mass is 16.6. The number of ether oxygens (including phenoxy) is 3. The summed E-state index contributed by atoms with van der Waals surface area (Å²) in [7, 11) is 3.35. The van der Waals surface area contributed by atoms with Crippen LogP contribution in [0, 0.1) is 23.7 Å². The van der Waals surface area contributed by atoms with Crippen LogP contribution in [-0.4, -0.2) is 55.1 Å². The molecule has 5 nitrogen and oxygen atoms in total. The Labute approximate surface area is 160 Å². The van der Waals surface area contributed by atoms with E-state index in [0.717, 1.165) is 12.8 Å². The fraction of sp³-hybridized carbons (Fsp3) is 0.905. The van der Waals surface area contributed by atoms with Gasteiger partial charge in [-0.25, -0.2) is 0 Å². The molecule has 0 aromatic rings. The van der Waals surface area contributed by atoms with Crippen molar-refractivity contribution >= 4 is 0 Å². The fourth-order valence-electron chi connectivity index (χ4n) is 3.44. The van der Waals surface area contributed by atoms with E-state index >= 15 is 0 Å². The summed E-state index contributed by atoms with van der Waals surface area (Å²) >= 11 is 0. The minimum absolute atomic E-state index is 0.0335. The summed E-state index contributed by atoms with van der Waals surface area (Å²) in [6, 6.07) is 0. The lowest BCUT2D eigenvalue weighted by atomic mass is 9.84. The van der Waals surface area contributed by atoms with Crippen LogP contribution in [0.5, 0.6) is 0 Å². The Bertz CT molecular complexity index is 373. The van der Waals surface area contributed by atoms with Crippen LogP contribution in [0.25, 0.3) is 0 Å². The third-order valence-corrected chi connectivity index (χ3v) is 5.94. The number of methoxy groups -OCH3 is 2. The van der Waals surface area contributed by atoms with Gasteiger partial charge < -0.3 is 24.4 Å². The third-order valence-electron chi connectivity index (χ3n) is 5.94. The highest BCUT2D eigenvalue weighted by Crippen LogP contribution is 2.32. The highest BCUT2D eigenvalue weighted by molar-refractivity contribution is 4.86. The molecule has 0 spiro atoms. The van der Waals surface area contributed by atoms with E-state index in [1.807, 2.05) is 26.8 Å². The van der Waals surface area contributed by atoms with Gasteiger partial charge in [-0.15, -0.1) is 6.58 Å². The number of hydrogen-bond donors (Lipinski definition) is 2. The van der Waals surface area contributed by atoms with Gasteiger partial charge in [0.2, 0.25) is 0 Å². The quantitative estimate of drug-likeness (QED) is 0.635. The molecule has 0 aromatic heterocycles. The first-order chi connectivity index (χ1) is 12.2. The number of rotatable bonds is 8. The molecule has 0 aromatic carbocycles. The summed E-state index contributed by atoms with van der Waals surface area (Å²) in [5.74, 6) is 1.16. The maximum atomic E-state index is 9.67. The van der Waals surface area contributed by atoms with Gasteiger partial charge in [0, 0.05) is 20.1 Å². The summed E-state index contributed by atoms with van der Waals surface area (Å²) in [6.45, 7) is 16.0. The molecule has 0 amide bonds. The van der Waals surface area contributed by atoms with Crippen LogP contribution in [0.2, 0.25) is 0 Å². The molecule has 1 aliphatic heterocycles. The van der Waals surface area contributed by atoms with Crippen LogP contribution in [0.15, 0.2) is 12.7 Å². The van der Waals surface area contributed by atoms with Gasteiger partial charge in [0.05, 0.1) is 24.4 Å². The number of allylic oxidation sites excluding steroid dienone is 1. The summed E-state index contributed by atoms with van der Waals surface area (Å²) < 4.78 is 16.1. The minimum atomic E-state index is -0.633. The van der Waals surface area contributed by atoms with Gasteiger partial charge in [-0.3, -0.25) is 0 Å². The molecule has 1 fully saturated rings. The van der Waals surface area contributed by atoms with E-state index in [1.165, 1.54) is 0 Å². The van der Waals surface area contributed by atoms with Crippen LogP contribution in [0.3, 0.4) is 0 Å². The van der Waals surface area contributed by atoms with Crippen molar-refractivity contribution in [3.63, 3.8) is 0 Å². The number of aliphatic hydroxyl groups is 2. The van der Waals surface area contributed by atoms with Crippen LogP contribution < -0.4 is 0 Å². The topological polar surface area (TPSA) is 68.2 Å². The van der Waals surface area contributed by atoms with E-state index in [4.69, 9.17) is 14.2 Å². The third kappa shape index (κ3) is 6.93. The van der Waals surface area contributed by atoms with Crippen molar-refractivity contribution in [3.05, 3.63) is 12.7 Å². The Morgan fingerprint density at radius 2 is 1.73 bits per heavy atom. The molecule has 26 heavy (non-hydrogen) atoms. The van der Waals surface area contributed by atoms with E-state index in [1.54, 1.807) is 14.2 Å². The van der Waals surface area contributed by atoms with Crippen molar-refractivity contribution in [1.29, 1.82) is 0 Å². The zero-order valence-electron chi connectivity index (χ0n) is 18.0. The van der Waals surface area contributed by atoms with E-state index in [2.05, 4.69) is 27.4 Å². The molecule has 156 valence electrons. The highest BCUT2D eigenvalue weighted by Gasteiger charge is 2.39. The number of hydrogen-bond acceptors (Lipinski definition) is 5. The fourth-order valence-corrected chi connectivity index (χ4v) is 3.44. The SMILES string of the molecule is C=CC(C)[C@@H](C)[C@H](OC)C(O)CC.CCC1O[C@H](O)C(C)[C@@H](C)[C@@H]1OC. The molecule has 5 heteroatoms.